The molecule has 6 nitrogen and oxygen atoms in total. The smallest absolute Gasteiger partial charge is 0.306 e. The number of rotatable bonds is 37. The van der Waals surface area contributed by atoms with Crippen LogP contribution >= 0.6 is 0 Å². The lowest BCUT2D eigenvalue weighted by Crippen LogP contribution is -2.30. The Hall–Kier alpha value is -4.45. The van der Waals surface area contributed by atoms with Crippen LogP contribution in [0.3, 0.4) is 0 Å². The van der Waals surface area contributed by atoms with Crippen LogP contribution in [-0.2, 0) is 28.6 Å². The highest BCUT2D eigenvalue weighted by Gasteiger charge is 2.19. The van der Waals surface area contributed by atoms with E-state index in [1.807, 2.05) is 60.8 Å². The van der Waals surface area contributed by atoms with Crippen LogP contribution in [0.25, 0.3) is 0 Å². The van der Waals surface area contributed by atoms with Crippen LogP contribution in [0.2, 0.25) is 0 Å². The minimum absolute atomic E-state index is 0.129. The summed E-state index contributed by atoms with van der Waals surface area (Å²) in [7, 11) is 0. The van der Waals surface area contributed by atoms with Gasteiger partial charge in [-0.2, -0.15) is 0 Å². The van der Waals surface area contributed by atoms with Gasteiger partial charge in [-0.15, -0.1) is 0 Å². The number of hydrogen-bond donors (Lipinski definition) is 0. The van der Waals surface area contributed by atoms with E-state index in [1.54, 1.807) is 0 Å². The van der Waals surface area contributed by atoms with E-state index in [-0.39, 0.29) is 50.4 Å². The summed E-state index contributed by atoms with van der Waals surface area (Å²) in [5, 5.41) is 0. The zero-order valence-electron chi connectivity index (χ0n) is 36.5. The van der Waals surface area contributed by atoms with Gasteiger partial charge in [0.15, 0.2) is 6.10 Å². The van der Waals surface area contributed by atoms with Gasteiger partial charge < -0.3 is 14.2 Å². The zero-order valence-corrected chi connectivity index (χ0v) is 36.5. The summed E-state index contributed by atoms with van der Waals surface area (Å²) in [6, 6.07) is 0. The number of hydrogen-bond acceptors (Lipinski definition) is 6. The molecule has 0 aliphatic heterocycles. The molecule has 0 aromatic carbocycles. The summed E-state index contributed by atoms with van der Waals surface area (Å²) in [6.45, 7) is 6.12. The number of carbonyl (C=O) groups excluding carboxylic acids is 3. The first kappa shape index (κ1) is 53.6. The van der Waals surface area contributed by atoms with E-state index in [2.05, 4.69) is 93.7 Å². The van der Waals surface area contributed by atoms with Crippen LogP contribution in [0.5, 0.6) is 0 Å². The summed E-state index contributed by atoms with van der Waals surface area (Å²) < 4.78 is 16.6. The molecule has 0 spiro atoms. The maximum atomic E-state index is 12.7. The Kier molecular flexibility index (Phi) is 41.8. The Morgan fingerprint density at radius 3 is 1.26 bits per heavy atom. The molecule has 0 bridgehead atoms. The maximum Gasteiger partial charge on any atom is 0.306 e. The largest absolute Gasteiger partial charge is 0.462 e. The predicted octanol–water partition coefficient (Wildman–Crippen LogP) is 14.4. The van der Waals surface area contributed by atoms with E-state index < -0.39 is 6.10 Å². The van der Waals surface area contributed by atoms with Crippen LogP contribution in [0.4, 0.5) is 0 Å². The number of allylic oxidation sites excluding steroid dienone is 22. The first-order valence-electron chi connectivity index (χ1n) is 22.3. The highest BCUT2D eigenvalue weighted by molar-refractivity contribution is 5.71. The van der Waals surface area contributed by atoms with Crippen molar-refractivity contribution in [2.45, 2.75) is 162 Å². The quantitative estimate of drug-likeness (QED) is 0.0205. The van der Waals surface area contributed by atoms with Gasteiger partial charge in [0.25, 0.3) is 0 Å². The molecule has 0 aromatic rings. The monoisotopic (exact) mass is 799 g/mol. The van der Waals surface area contributed by atoms with Crippen molar-refractivity contribution in [1.29, 1.82) is 0 Å². The summed E-state index contributed by atoms with van der Waals surface area (Å²) in [5.41, 5.74) is 0. The van der Waals surface area contributed by atoms with E-state index in [4.69, 9.17) is 14.2 Å². The van der Waals surface area contributed by atoms with Crippen molar-refractivity contribution in [2.75, 3.05) is 13.2 Å². The van der Waals surface area contributed by atoms with Gasteiger partial charge in [0.1, 0.15) is 13.2 Å². The molecule has 0 saturated carbocycles. The van der Waals surface area contributed by atoms with Crippen molar-refractivity contribution in [3.05, 3.63) is 134 Å². The minimum Gasteiger partial charge on any atom is -0.462 e. The fourth-order valence-corrected chi connectivity index (χ4v) is 5.30. The molecule has 0 rings (SSSR count). The number of ether oxygens (including phenoxy) is 3. The third kappa shape index (κ3) is 42.7. The maximum absolute atomic E-state index is 12.7. The molecular formula is C52H78O6. The topological polar surface area (TPSA) is 78.9 Å². The van der Waals surface area contributed by atoms with E-state index in [0.29, 0.717) is 12.8 Å². The summed E-state index contributed by atoms with van der Waals surface area (Å²) >= 11 is 0. The predicted molar refractivity (Wildman–Crippen MR) is 246 cm³/mol. The molecule has 0 fully saturated rings. The van der Waals surface area contributed by atoms with Gasteiger partial charge in [0, 0.05) is 19.3 Å². The lowest BCUT2D eigenvalue weighted by molar-refractivity contribution is -0.167. The first-order chi connectivity index (χ1) is 28.5. The fourth-order valence-electron chi connectivity index (χ4n) is 5.30. The Balaban J connectivity index is 4.58. The van der Waals surface area contributed by atoms with E-state index in [9.17, 15) is 14.4 Å². The number of esters is 3. The molecule has 0 aliphatic carbocycles. The van der Waals surface area contributed by atoms with Crippen molar-refractivity contribution in [1.82, 2.24) is 0 Å². The third-order valence-electron chi connectivity index (χ3n) is 8.54. The fraction of sp³-hybridized carbons (Fsp3) is 0.519. The Bertz CT molecular complexity index is 1330. The highest BCUT2D eigenvalue weighted by Crippen LogP contribution is 2.11. The lowest BCUT2D eigenvalue weighted by Gasteiger charge is -2.18. The lowest BCUT2D eigenvalue weighted by atomic mass is 10.1. The van der Waals surface area contributed by atoms with Crippen LogP contribution < -0.4 is 0 Å². The third-order valence-corrected chi connectivity index (χ3v) is 8.54. The SMILES string of the molecule is CC\C=C/C=C\C=C/C=C\C=C\C=C/CCCCCC(=O)OCC(COC(=O)CCC/C=C\C/C=C\C/C=C\CC)OC(=O)CCCCCCC/C=C\C/C=C\CC. The summed E-state index contributed by atoms with van der Waals surface area (Å²) in [6.07, 6.45) is 63.0. The molecule has 1 atom stereocenters. The van der Waals surface area contributed by atoms with Crippen molar-refractivity contribution in [2.24, 2.45) is 0 Å². The Labute approximate surface area is 354 Å². The van der Waals surface area contributed by atoms with Crippen molar-refractivity contribution < 1.29 is 28.6 Å². The molecule has 0 radical (unpaired) electrons. The standard InChI is InChI=1S/C52H78O6/c1-4-7-10-13-16-19-22-24-25-26-27-28-31-33-36-39-42-45-51(54)57-48-49(47-56-50(53)44-41-38-35-32-29-21-18-15-12-9-6-3)58-52(55)46-43-40-37-34-30-23-20-17-14-11-8-5-2/h7-13,16-22,24-28,31-32,35,49H,4-6,14-15,23,29-30,33-34,36-48H2,1-3H3/b10-7-,11-8-,12-9-,16-13-,20-17-,21-18-,22-19-,25-24-,27-26+,31-28-,35-32-. The summed E-state index contributed by atoms with van der Waals surface area (Å²) in [4.78, 5) is 37.7. The second kappa shape index (κ2) is 45.3. The summed E-state index contributed by atoms with van der Waals surface area (Å²) in [5.74, 6) is -1.06. The molecule has 0 heterocycles. The Morgan fingerprint density at radius 1 is 0.362 bits per heavy atom. The molecule has 58 heavy (non-hydrogen) atoms. The zero-order chi connectivity index (χ0) is 42.3. The van der Waals surface area contributed by atoms with Crippen LogP contribution in [0, 0.1) is 0 Å². The van der Waals surface area contributed by atoms with Gasteiger partial charge >= 0.3 is 17.9 Å². The average Bonchev–Trinajstić information content (AvgIpc) is 3.22. The molecule has 6 heteroatoms. The normalized spacial score (nSPS) is 13.4. The molecule has 1 unspecified atom stereocenters. The van der Waals surface area contributed by atoms with Crippen LogP contribution in [0.1, 0.15) is 156 Å². The Morgan fingerprint density at radius 2 is 0.724 bits per heavy atom. The molecule has 322 valence electrons. The minimum atomic E-state index is -0.827. The van der Waals surface area contributed by atoms with Gasteiger partial charge in [-0.05, 0) is 89.9 Å². The highest BCUT2D eigenvalue weighted by atomic mass is 16.6. The van der Waals surface area contributed by atoms with Crippen LogP contribution in [0.15, 0.2) is 134 Å². The van der Waals surface area contributed by atoms with Gasteiger partial charge in [0.2, 0.25) is 0 Å². The van der Waals surface area contributed by atoms with Gasteiger partial charge in [-0.25, -0.2) is 0 Å². The average molecular weight is 799 g/mol. The molecule has 0 N–H and O–H groups in total. The second-order valence-electron chi connectivity index (χ2n) is 14.0. The van der Waals surface area contributed by atoms with Gasteiger partial charge in [-0.1, -0.05) is 180 Å². The second-order valence-corrected chi connectivity index (χ2v) is 14.0. The number of unbranched alkanes of at least 4 members (excludes halogenated alkanes) is 9. The molecular weight excluding hydrogens is 721 g/mol. The van der Waals surface area contributed by atoms with Crippen LogP contribution in [-0.4, -0.2) is 37.2 Å². The van der Waals surface area contributed by atoms with E-state index >= 15 is 0 Å². The van der Waals surface area contributed by atoms with Gasteiger partial charge in [-0.3, -0.25) is 14.4 Å². The molecule has 0 amide bonds. The molecule has 0 aromatic heterocycles. The first-order valence-corrected chi connectivity index (χ1v) is 22.3. The van der Waals surface area contributed by atoms with E-state index in [1.165, 1.54) is 0 Å². The van der Waals surface area contributed by atoms with Gasteiger partial charge in [0.05, 0.1) is 0 Å². The molecule has 0 saturated heterocycles. The van der Waals surface area contributed by atoms with Crippen molar-refractivity contribution in [3.63, 3.8) is 0 Å². The molecule has 0 aliphatic rings. The van der Waals surface area contributed by atoms with Crippen molar-refractivity contribution in [3.8, 4) is 0 Å². The van der Waals surface area contributed by atoms with Crippen molar-refractivity contribution >= 4 is 17.9 Å². The van der Waals surface area contributed by atoms with E-state index in [0.717, 1.165) is 103 Å². The number of carbonyl (C=O) groups is 3.